The van der Waals surface area contributed by atoms with Gasteiger partial charge in [-0.15, -0.1) is 0 Å². The zero-order chi connectivity index (χ0) is 7.56. The van der Waals surface area contributed by atoms with Crippen LogP contribution in [0.2, 0.25) is 0 Å². The first-order chi connectivity index (χ1) is 4.74. The monoisotopic (exact) mass is 143 g/mol. The molecule has 1 heterocycles. The molecule has 0 aromatic carbocycles. The normalized spacial score (nSPS) is 27.4. The minimum atomic E-state index is -0.273. The zero-order valence-corrected chi connectivity index (χ0v) is 6.39. The second-order valence-electron chi connectivity index (χ2n) is 2.71. The van der Waals surface area contributed by atoms with E-state index in [0.29, 0.717) is 12.5 Å². The standard InChI is InChI=1S/C7H13NO2/c1-3-5(2)6-4-8-7(9)10-6/h5-6H,3-4H2,1-2H3,(H,8,9)/t5-,6?/m1/s1. The molecule has 0 spiro atoms. The molecular weight excluding hydrogens is 130 g/mol. The number of amides is 1. The average molecular weight is 143 g/mol. The van der Waals surface area contributed by atoms with E-state index in [-0.39, 0.29) is 12.2 Å². The Hall–Kier alpha value is -0.730. The van der Waals surface area contributed by atoms with Crippen molar-refractivity contribution in [3.63, 3.8) is 0 Å². The van der Waals surface area contributed by atoms with Crippen LogP contribution in [0.15, 0.2) is 0 Å². The molecule has 0 radical (unpaired) electrons. The summed E-state index contributed by atoms with van der Waals surface area (Å²) >= 11 is 0. The molecule has 0 aliphatic carbocycles. The molecule has 3 nitrogen and oxygen atoms in total. The van der Waals surface area contributed by atoms with Gasteiger partial charge in [0.2, 0.25) is 0 Å². The van der Waals surface area contributed by atoms with Crippen molar-refractivity contribution in [3.8, 4) is 0 Å². The van der Waals surface area contributed by atoms with Gasteiger partial charge in [0.25, 0.3) is 0 Å². The molecule has 2 atom stereocenters. The molecule has 1 aliphatic rings. The molecule has 1 unspecified atom stereocenters. The molecule has 10 heavy (non-hydrogen) atoms. The van der Waals surface area contributed by atoms with Gasteiger partial charge in [-0.05, 0) is 12.3 Å². The summed E-state index contributed by atoms with van der Waals surface area (Å²) in [7, 11) is 0. The predicted octanol–water partition coefficient (Wildman–Crippen LogP) is 1.14. The van der Waals surface area contributed by atoms with Gasteiger partial charge in [-0.25, -0.2) is 4.79 Å². The van der Waals surface area contributed by atoms with Crippen LogP contribution >= 0.6 is 0 Å². The molecule has 1 aliphatic heterocycles. The topological polar surface area (TPSA) is 38.3 Å². The van der Waals surface area contributed by atoms with E-state index in [1.165, 1.54) is 0 Å². The van der Waals surface area contributed by atoms with E-state index in [1.54, 1.807) is 0 Å². The van der Waals surface area contributed by atoms with E-state index in [0.717, 1.165) is 6.42 Å². The van der Waals surface area contributed by atoms with Crippen LogP contribution in [0.3, 0.4) is 0 Å². The molecule has 1 N–H and O–H groups in total. The third-order valence-corrected chi connectivity index (χ3v) is 1.98. The molecule has 1 rings (SSSR count). The Bertz CT molecular complexity index is 136. The van der Waals surface area contributed by atoms with Crippen LogP contribution in [0.25, 0.3) is 0 Å². The summed E-state index contributed by atoms with van der Waals surface area (Å²) in [6.45, 7) is 4.86. The summed E-state index contributed by atoms with van der Waals surface area (Å²) in [5.74, 6) is 0.471. The van der Waals surface area contributed by atoms with E-state index < -0.39 is 0 Å². The van der Waals surface area contributed by atoms with E-state index in [4.69, 9.17) is 4.74 Å². The molecule has 1 saturated heterocycles. The van der Waals surface area contributed by atoms with Crippen molar-refractivity contribution in [3.05, 3.63) is 0 Å². The predicted molar refractivity (Wildman–Crippen MR) is 37.7 cm³/mol. The van der Waals surface area contributed by atoms with Gasteiger partial charge in [-0.1, -0.05) is 13.8 Å². The van der Waals surface area contributed by atoms with Crippen LogP contribution in [0, 0.1) is 5.92 Å². The summed E-state index contributed by atoms with van der Waals surface area (Å²) in [4.78, 5) is 10.5. The third kappa shape index (κ3) is 1.40. The number of nitrogens with one attached hydrogen (secondary N) is 1. The molecule has 3 heteroatoms. The lowest BCUT2D eigenvalue weighted by molar-refractivity contribution is 0.109. The Kier molecular flexibility index (Phi) is 2.14. The van der Waals surface area contributed by atoms with Gasteiger partial charge in [0.05, 0.1) is 6.54 Å². The second-order valence-corrected chi connectivity index (χ2v) is 2.71. The van der Waals surface area contributed by atoms with E-state index in [2.05, 4.69) is 19.2 Å². The first kappa shape index (κ1) is 7.38. The highest BCUT2D eigenvalue weighted by molar-refractivity contribution is 5.69. The molecule has 0 saturated carbocycles. The van der Waals surface area contributed by atoms with Crippen molar-refractivity contribution in [2.75, 3.05) is 6.54 Å². The summed E-state index contributed by atoms with van der Waals surface area (Å²) in [6, 6.07) is 0. The van der Waals surface area contributed by atoms with Crippen LogP contribution in [0.5, 0.6) is 0 Å². The van der Waals surface area contributed by atoms with Crippen molar-refractivity contribution < 1.29 is 9.53 Å². The summed E-state index contributed by atoms with van der Waals surface area (Å²) in [5.41, 5.74) is 0. The van der Waals surface area contributed by atoms with Gasteiger partial charge in [-0.2, -0.15) is 0 Å². The number of carbonyl (C=O) groups is 1. The third-order valence-electron chi connectivity index (χ3n) is 1.98. The fraction of sp³-hybridized carbons (Fsp3) is 0.857. The molecule has 0 bridgehead atoms. The van der Waals surface area contributed by atoms with Crippen molar-refractivity contribution in [1.82, 2.24) is 5.32 Å². The maximum Gasteiger partial charge on any atom is 0.407 e. The van der Waals surface area contributed by atoms with Gasteiger partial charge in [0.15, 0.2) is 0 Å². The number of carbonyl (C=O) groups excluding carboxylic acids is 1. The average Bonchev–Trinajstić information content (AvgIpc) is 2.34. The van der Waals surface area contributed by atoms with Crippen LogP contribution < -0.4 is 5.32 Å². The minimum Gasteiger partial charge on any atom is -0.444 e. The maximum atomic E-state index is 10.5. The summed E-state index contributed by atoms with van der Waals surface area (Å²) in [5, 5.41) is 2.62. The van der Waals surface area contributed by atoms with Crippen LogP contribution in [-0.2, 0) is 4.74 Å². The number of cyclic esters (lactones) is 1. The first-order valence-corrected chi connectivity index (χ1v) is 3.68. The Balaban J connectivity index is 2.36. The zero-order valence-electron chi connectivity index (χ0n) is 6.39. The van der Waals surface area contributed by atoms with Crippen molar-refractivity contribution >= 4 is 6.09 Å². The van der Waals surface area contributed by atoms with Crippen LogP contribution in [-0.4, -0.2) is 18.7 Å². The molecule has 0 aromatic heterocycles. The van der Waals surface area contributed by atoms with Gasteiger partial charge in [0, 0.05) is 0 Å². The second kappa shape index (κ2) is 2.90. The summed E-state index contributed by atoms with van der Waals surface area (Å²) in [6.07, 6.45) is 0.877. The number of alkyl carbamates (subject to hydrolysis) is 1. The Morgan fingerprint density at radius 1 is 1.90 bits per heavy atom. The highest BCUT2D eigenvalue weighted by Gasteiger charge is 2.26. The van der Waals surface area contributed by atoms with E-state index in [9.17, 15) is 4.79 Å². The number of hydrogen-bond acceptors (Lipinski definition) is 2. The van der Waals surface area contributed by atoms with Crippen LogP contribution in [0.4, 0.5) is 4.79 Å². The minimum absolute atomic E-state index is 0.0949. The van der Waals surface area contributed by atoms with Gasteiger partial charge >= 0.3 is 6.09 Å². The molecule has 1 amide bonds. The van der Waals surface area contributed by atoms with Gasteiger partial charge in [-0.3, -0.25) is 0 Å². The quantitative estimate of drug-likeness (QED) is 0.629. The maximum absolute atomic E-state index is 10.5. The van der Waals surface area contributed by atoms with Gasteiger partial charge in [0.1, 0.15) is 6.10 Å². The number of ether oxygens (including phenoxy) is 1. The summed E-state index contributed by atoms with van der Waals surface area (Å²) < 4.78 is 4.96. The number of hydrogen-bond donors (Lipinski definition) is 1. The van der Waals surface area contributed by atoms with Crippen molar-refractivity contribution in [2.24, 2.45) is 5.92 Å². The van der Waals surface area contributed by atoms with Crippen molar-refractivity contribution in [2.45, 2.75) is 26.4 Å². The van der Waals surface area contributed by atoms with Gasteiger partial charge < -0.3 is 10.1 Å². The highest BCUT2D eigenvalue weighted by Crippen LogP contribution is 2.14. The van der Waals surface area contributed by atoms with Crippen LogP contribution in [0.1, 0.15) is 20.3 Å². The number of rotatable bonds is 2. The van der Waals surface area contributed by atoms with E-state index in [1.807, 2.05) is 0 Å². The lowest BCUT2D eigenvalue weighted by atomic mass is 10.0. The Labute approximate surface area is 60.7 Å². The SMILES string of the molecule is CC[C@@H](C)C1CNC(=O)O1. The molecule has 58 valence electrons. The lowest BCUT2D eigenvalue weighted by Crippen LogP contribution is -2.21. The fourth-order valence-electron chi connectivity index (χ4n) is 0.985. The largest absolute Gasteiger partial charge is 0.444 e. The fourth-order valence-corrected chi connectivity index (χ4v) is 0.985. The first-order valence-electron chi connectivity index (χ1n) is 3.68. The molecule has 0 aromatic rings. The highest BCUT2D eigenvalue weighted by atomic mass is 16.6. The molecular formula is C7H13NO2. The Morgan fingerprint density at radius 2 is 2.60 bits per heavy atom. The lowest BCUT2D eigenvalue weighted by Gasteiger charge is -2.13. The van der Waals surface area contributed by atoms with Crippen molar-refractivity contribution in [1.29, 1.82) is 0 Å². The smallest absolute Gasteiger partial charge is 0.407 e. The van der Waals surface area contributed by atoms with E-state index >= 15 is 0 Å². The molecule has 1 fully saturated rings. The Morgan fingerprint density at radius 3 is 3.00 bits per heavy atom.